The lowest BCUT2D eigenvalue weighted by Crippen LogP contribution is -2.36. The first kappa shape index (κ1) is 17.4. The summed E-state index contributed by atoms with van der Waals surface area (Å²) in [6.07, 6.45) is 4.36. The van der Waals surface area contributed by atoms with E-state index in [2.05, 4.69) is 10.3 Å². The maximum Gasteiger partial charge on any atom is 0.225 e. The van der Waals surface area contributed by atoms with Crippen LogP contribution in [0.5, 0.6) is 0 Å². The molecule has 0 spiro atoms. The van der Waals surface area contributed by atoms with Crippen molar-refractivity contribution in [2.24, 2.45) is 5.92 Å². The molecule has 1 aromatic rings. The molecule has 0 unspecified atom stereocenters. The van der Waals surface area contributed by atoms with E-state index in [0.717, 1.165) is 31.6 Å². The van der Waals surface area contributed by atoms with Crippen LogP contribution in [0.2, 0.25) is 0 Å². The maximum atomic E-state index is 12.3. The number of amides is 3. The normalized spacial score (nSPS) is 20.2. The summed E-state index contributed by atoms with van der Waals surface area (Å²) in [6.45, 7) is 2.82. The molecule has 7 nitrogen and oxygen atoms in total. The van der Waals surface area contributed by atoms with E-state index in [1.807, 2.05) is 23.1 Å². The van der Waals surface area contributed by atoms with Gasteiger partial charge < -0.3 is 15.1 Å². The van der Waals surface area contributed by atoms with Crippen molar-refractivity contribution in [3.63, 3.8) is 0 Å². The summed E-state index contributed by atoms with van der Waals surface area (Å²) in [4.78, 5) is 44.1. The fourth-order valence-electron chi connectivity index (χ4n) is 3.35. The molecule has 134 valence electrons. The molecular weight excluding hydrogens is 320 g/mol. The number of hydrogen-bond donors (Lipinski definition) is 1. The van der Waals surface area contributed by atoms with Gasteiger partial charge in [0.2, 0.25) is 17.7 Å². The van der Waals surface area contributed by atoms with Crippen molar-refractivity contribution in [1.82, 2.24) is 20.1 Å². The Kier molecular flexibility index (Phi) is 5.63. The predicted octanol–water partition coefficient (Wildman–Crippen LogP) is 0.559. The molecule has 0 saturated carbocycles. The predicted molar refractivity (Wildman–Crippen MR) is 91.2 cm³/mol. The second-order valence-electron chi connectivity index (χ2n) is 6.63. The van der Waals surface area contributed by atoms with Gasteiger partial charge in [-0.05, 0) is 25.0 Å². The van der Waals surface area contributed by atoms with Crippen molar-refractivity contribution >= 4 is 17.7 Å². The molecule has 3 heterocycles. The third-order valence-corrected chi connectivity index (χ3v) is 4.76. The third kappa shape index (κ3) is 4.55. The molecule has 1 aromatic heterocycles. The molecule has 25 heavy (non-hydrogen) atoms. The first-order valence-electron chi connectivity index (χ1n) is 8.86. The van der Waals surface area contributed by atoms with Crippen molar-refractivity contribution in [3.8, 4) is 0 Å². The summed E-state index contributed by atoms with van der Waals surface area (Å²) in [5.74, 6) is -0.430. The number of pyridine rings is 1. The van der Waals surface area contributed by atoms with Crippen molar-refractivity contribution < 1.29 is 14.4 Å². The zero-order valence-electron chi connectivity index (χ0n) is 14.3. The molecule has 1 N–H and O–H groups in total. The maximum absolute atomic E-state index is 12.3. The molecular formula is C18H24N4O3. The molecule has 0 aliphatic carbocycles. The van der Waals surface area contributed by atoms with Gasteiger partial charge in [-0.3, -0.25) is 19.4 Å². The van der Waals surface area contributed by atoms with E-state index in [1.54, 1.807) is 11.1 Å². The second-order valence-corrected chi connectivity index (χ2v) is 6.63. The standard InChI is InChI=1S/C18H24N4O3/c23-16(21-9-3-4-10-21)6-8-20-18(25)14-11-17(24)22(12-14)13-15-5-1-2-7-19-15/h1-2,5,7,14H,3-4,6,8-13H2,(H,20,25)/t14-/m1/s1. The molecule has 7 heteroatoms. The van der Waals surface area contributed by atoms with E-state index in [1.165, 1.54) is 0 Å². The molecule has 0 radical (unpaired) electrons. The Hall–Kier alpha value is -2.44. The van der Waals surface area contributed by atoms with Crippen molar-refractivity contribution in [1.29, 1.82) is 0 Å². The lowest BCUT2D eigenvalue weighted by Gasteiger charge is -2.17. The van der Waals surface area contributed by atoms with Gasteiger partial charge in [-0.1, -0.05) is 6.07 Å². The van der Waals surface area contributed by atoms with Crippen LogP contribution in [0, 0.1) is 5.92 Å². The van der Waals surface area contributed by atoms with Crippen LogP contribution in [0.4, 0.5) is 0 Å². The first-order valence-corrected chi connectivity index (χ1v) is 8.86. The van der Waals surface area contributed by atoms with Crippen LogP contribution < -0.4 is 5.32 Å². The Bertz CT molecular complexity index is 628. The van der Waals surface area contributed by atoms with Crippen LogP contribution in [-0.2, 0) is 20.9 Å². The van der Waals surface area contributed by atoms with Gasteiger partial charge in [0.05, 0.1) is 18.2 Å². The summed E-state index contributed by atoms with van der Waals surface area (Å²) >= 11 is 0. The molecule has 3 amide bonds. The Balaban J connectivity index is 1.42. The lowest BCUT2D eigenvalue weighted by atomic mass is 10.1. The molecule has 2 aliphatic heterocycles. The fourth-order valence-corrected chi connectivity index (χ4v) is 3.35. The van der Waals surface area contributed by atoms with E-state index in [-0.39, 0.29) is 30.1 Å². The molecule has 3 rings (SSSR count). The largest absolute Gasteiger partial charge is 0.355 e. The van der Waals surface area contributed by atoms with Crippen LogP contribution >= 0.6 is 0 Å². The smallest absolute Gasteiger partial charge is 0.225 e. The Morgan fingerprint density at radius 1 is 1.24 bits per heavy atom. The Morgan fingerprint density at radius 3 is 2.76 bits per heavy atom. The van der Waals surface area contributed by atoms with E-state index in [0.29, 0.717) is 26.1 Å². The van der Waals surface area contributed by atoms with Crippen LogP contribution in [0.3, 0.4) is 0 Å². The zero-order valence-corrected chi connectivity index (χ0v) is 14.3. The quantitative estimate of drug-likeness (QED) is 0.817. The highest BCUT2D eigenvalue weighted by Crippen LogP contribution is 2.19. The van der Waals surface area contributed by atoms with Crippen molar-refractivity contribution in [2.75, 3.05) is 26.2 Å². The minimum absolute atomic E-state index is 0.0288. The summed E-state index contributed by atoms with van der Waals surface area (Å²) in [6, 6.07) is 5.57. The summed E-state index contributed by atoms with van der Waals surface area (Å²) < 4.78 is 0. The molecule has 2 fully saturated rings. The monoisotopic (exact) mass is 344 g/mol. The van der Waals surface area contributed by atoms with Gasteiger partial charge in [-0.2, -0.15) is 0 Å². The molecule has 0 aromatic carbocycles. The van der Waals surface area contributed by atoms with Gasteiger partial charge in [0.1, 0.15) is 0 Å². The highest BCUT2D eigenvalue weighted by Gasteiger charge is 2.34. The number of aromatic nitrogens is 1. The SMILES string of the molecule is O=C(NCCC(=O)N1CCCC1)[C@@H]1CC(=O)N(Cc2ccccn2)C1. The Labute approximate surface area is 147 Å². The van der Waals surface area contributed by atoms with Crippen molar-refractivity contribution in [2.45, 2.75) is 32.2 Å². The van der Waals surface area contributed by atoms with Crippen LogP contribution in [-0.4, -0.2) is 58.7 Å². The van der Waals surface area contributed by atoms with Gasteiger partial charge in [0.15, 0.2) is 0 Å². The number of rotatable bonds is 6. The van der Waals surface area contributed by atoms with E-state index in [9.17, 15) is 14.4 Å². The number of nitrogens with one attached hydrogen (secondary N) is 1. The topological polar surface area (TPSA) is 82.6 Å². The van der Waals surface area contributed by atoms with Crippen molar-refractivity contribution in [3.05, 3.63) is 30.1 Å². The Morgan fingerprint density at radius 2 is 2.04 bits per heavy atom. The van der Waals surface area contributed by atoms with Crippen LogP contribution in [0.15, 0.2) is 24.4 Å². The van der Waals surface area contributed by atoms with Gasteiger partial charge in [-0.25, -0.2) is 0 Å². The van der Waals surface area contributed by atoms with Gasteiger partial charge in [-0.15, -0.1) is 0 Å². The average molecular weight is 344 g/mol. The lowest BCUT2D eigenvalue weighted by molar-refractivity contribution is -0.131. The zero-order chi connectivity index (χ0) is 17.6. The minimum Gasteiger partial charge on any atom is -0.355 e. The second kappa shape index (κ2) is 8.09. The van der Waals surface area contributed by atoms with E-state index in [4.69, 9.17) is 0 Å². The number of carbonyl (C=O) groups is 3. The molecule has 1 atom stereocenters. The summed E-state index contributed by atoms with van der Waals surface area (Å²) in [7, 11) is 0. The number of carbonyl (C=O) groups excluding carboxylic acids is 3. The van der Waals surface area contributed by atoms with E-state index < -0.39 is 0 Å². The molecule has 0 bridgehead atoms. The van der Waals surface area contributed by atoms with Gasteiger partial charge >= 0.3 is 0 Å². The molecule has 2 aliphatic rings. The number of likely N-dealkylation sites (tertiary alicyclic amines) is 2. The number of hydrogen-bond acceptors (Lipinski definition) is 4. The fraction of sp³-hybridized carbons (Fsp3) is 0.556. The highest BCUT2D eigenvalue weighted by atomic mass is 16.2. The van der Waals surface area contributed by atoms with Gasteiger partial charge in [0, 0.05) is 45.2 Å². The number of nitrogens with zero attached hydrogens (tertiary/aromatic N) is 3. The average Bonchev–Trinajstić information content (AvgIpc) is 3.26. The van der Waals surface area contributed by atoms with Crippen LogP contribution in [0.1, 0.15) is 31.4 Å². The summed E-state index contributed by atoms with van der Waals surface area (Å²) in [5.41, 5.74) is 0.813. The van der Waals surface area contributed by atoms with E-state index >= 15 is 0 Å². The third-order valence-electron chi connectivity index (χ3n) is 4.76. The minimum atomic E-state index is -0.349. The van der Waals surface area contributed by atoms with Crippen LogP contribution in [0.25, 0.3) is 0 Å². The highest BCUT2D eigenvalue weighted by molar-refractivity contribution is 5.89. The first-order chi connectivity index (χ1) is 12.1. The van der Waals surface area contributed by atoms with Gasteiger partial charge in [0.25, 0.3) is 0 Å². The summed E-state index contributed by atoms with van der Waals surface area (Å²) in [5, 5.41) is 2.80. The molecule has 2 saturated heterocycles.